The maximum atomic E-state index is 13.9. The Morgan fingerprint density at radius 2 is 0.911 bits per heavy atom. The van der Waals surface area contributed by atoms with Crippen molar-refractivity contribution in [2.45, 2.75) is 77.5 Å². The van der Waals surface area contributed by atoms with E-state index in [1.807, 2.05) is 27.0 Å². The molecule has 4 aromatic rings. The van der Waals surface area contributed by atoms with Crippen molar-refractivity contribution in [1.29, 1.82) is 0 Å². The second kappa shape index (κ2) is 21.9. The van der Waals surface area contributed by atoms with Gasteiger partial charge in [0.1, 0.15) is 0 Å². The molecule has 0 aliphatic carbocycles. The molecule has 312 valence electrons. The first-order chi connectivity index (χ1) is 25.4. The molecular formula is C39H49ClF12Sn4. The number of benzene rings is 4. The Hall–Kier alpha value is -0.475. The molecule has 0 spiro atoms. The predicted molar refractivity (Wildman–Crippen MR) is 217 cm³/mol. The summed E-state index contributed by atoms with van der Waals surface area (Å²) in [5.41, 5.74) is 0. The van der Waals surface area contributed by atoms with Crippen molar-refractivity contribution in [2.24, 2.45) is 0 Å². The summed E-state index contributed by atoms with van der Waals surface area (Å²) in [6.45, 7) is 3.37. The summed E-state index contributed by atoms with van der Waals surface area (Å²) >= 11 is -5.99. The van der Waals surface area contributed by atoms with Gasteiger partial charge in [-0.3, -0.25) is 0 Å². The minimum absolute atomic E-state index is 0.135. The number of hydrogen-bond acceptors (Lipinski definition) is 0. The van der Waals surface area contributed by atoms with E-state index in [1.54, 1.807) is 59.0 Å². The van der Waals surface area contributed by atoms with Gasteiger partial charge in [-0.15, -0.1) is 0 Å². The van der Waals surface area contributed by atoms with Gasteiger partial charge >= 0.3 is 348 Å². The van der Waals surface area contributed by atoms with E-state index in [-0.39, 0.29) is 3.58 Å². The van der Waals surface area contributed by atoms with E-state index in [1.165, 1.54) is 3.58 Å². The molecule has 56 heavy (non-hydrogen) atoms. The van der Waals surface area contributed by atoms with Gasteiger partial charge in [-0.1, -0.05) is 0 Å². The Kier molecular flexibility index (Phi) is 20.9. The zero-order chi connectivity index (χ0) is 43.8. The molecule has 0 nitrogen and oxygen atoms in total. The van der Waals surface area contributed by atoms with Gasteiger partial charge in [0.2, 0.25) is 0 Å². The number of halogens is 13. The van der Waals surface area contributed by atoms with Crippen LogP contribution >= 0.6 is 11.6 Å². The van der Waals surface area contributed by atoms with Gasteiger partial charge in [0, 0.05) is 0 Å². The van der Waals surface area contributed by atoms with E-state index in [9.17, 15) is 52.7 Å². The summed E-state index contributed by atoms with van der Waals surface area (Å²) in [4.78, 5) is 17.5. The first-order valence-corrected chi connectivity index (χ1v) is 55.0. The molecule has 4 rings (SSSR count). The van der Waals surface area contributed by atoms with Gasteiger partial charge in [0.15, 0.2) is 0 Å². The van der Waals surface area contributed by atoms with E-state index in [0.717, 1.165) is 17.2 Å². The fraction of sp³-hybridized carbons (Fsp3) is 0.385. The van der Waals surface area contributed by atoms with E-state index in [0.29, 0.717) is 12.5 Å². The Labute approximate surface area is 344 Å². The van der Waals surface area contributed by atoms with E-state index >= 15 is 0 Å². The quantitative estimate of drug-likeness (QED) is 0.0749. The van der Waals surface area contributed by atoms with Crippen LogP contribution in [0.3, 0.4) is 0 Å². The molecule has 1 atom stereocenters. The van der Waals surface area contributed by atoms with Crippen molar-refractivity contribution in [2.75, 3.05) is 0 Å². The monoisotopic (exact) mass is 1260 g/mol. The fourth-order valence-corrected chi connectivity index (χ4v) is 31.6. The third-order valence-corrected chi connectivity index (χ3v) is 41.7. The minimum atomic E-state index is -4.72. The van der Waals surface area contributed by atoms with Gasteiger partial charge in [0.05, 0.1) is 0 Å². The molecule has 0 aliphatic heterocycles. The Bertz CT molecular complexity index is 1830. The van der Waals surface area contributed by atoms with Crippen LogP contribution < -0.4 is 14.3 Å². The van der Waals surface area contributed by atoms with Crippen LogP contribution in [0.1, 0.15) is 13.8 Å². The molecule has 0 N–H and O–H groups in total. The summed E-state index contributed by atoms with van der Waals surface area (Å²) < 4.78 is 155. The first kappa shape index (κ1) is 53.5. The fourth-order valence-electron chi connectivity index (χ4n) is 5.84. The summed E-state index contributed by atoms with van der Waals surface area (Å²) in [5, 5.41) is 0.954. The predicted octanol–water partition coefficient (Wildman–Crippen LogP) is 12.3. The average Bonchev–Trinajstić information content (AvgIpc) is 3.06. The van der Waals surface area contributed by atoms with Gasteiger partial charge in [-0.05, 0) is 0 Å². The van der Waals surface area contributed by atoms with Gasteiger partial charge < -0.3 is 0 Å². The van der Waals surface area contributed by atoms with Gasteiger partial charge in [-0.2, -0.15) is 0 Å². The number of rotatable bonds is 7. The van der Waals surface area contributed by atoms with Crippen LogP contribution in [0.5, 0.6) is 0 Å². The normalized spacial score (nSPS) is 12.7. The number of alkyl halides is 4. The average molecular weight is 1260 g/mol. The number of hydrogen-bond donors (Lipinski definition) is 0. The summed E-state index contributed by atoms with van der Waals surface area (Å²) in [5.74, 6) is -11.5. The van der Waals surface area contributed by atoms with Crippen LogP contribution in [0, 0.1) is 46.5 Å². The van der Waals surface area contributed by atoms with E-state index in [4.69, 9.17) is 11.6 Å². The van der Waals surface area contributed by atoms with Crippen LogP contribution in [0.15, 0.2) is 66.7 Å². The van der Waals surface area contributed by atoms with Gasteiger partial charge in [-0.25, -0.2) is 0 Å². The topological polar surface area (TPSA) is 0 Å². The molecule has 4 aromatic carbocycles. The molecule has 0 heterocycles. The molecule has 17 heteroatoms. The first-order valence-electron chi connectivity index (χ1n) is 17.6. The van der Waals surface area contributed by atoms with Crippen molar-refractivity contribution in [3.05, 3.63) is 118 Å². The van der Waals surface area contributed by atoms with E-state index < -0.39 is 134 Å². The molecule has 0 aliphatic rings. The van der Waals surface area contributed by atoms with E-state index in [2.05, 4.69) is 27.0 Å². The molecule has 0 saturated heterocycles. The molecule has 0 radical (unpaired) electrons. The van der Waals surface area contributed by atoms with Crippen molar-refractivity contribution in [3.63, 3.8) is 0 Å². The molecule has 0 amide bonds. The third kappa shape index (κ3) is 14.6. The second-order valence-electron chi connectivity index (χ2n) is 16.1. The molecular weight excluding hydrogens is 1210 g/mol. The Balaban J connectivity index is 0.000000378. The maximum absolute atomic E-state index is 13.9. The molecule has 0 bridgehead atoms. The molecule has 1 unspecified atom stereocenters. The van der Waals surface area contributed by atoms with Crippen LogP contribution in [-0.2, 0) is 0 Å². The van der Waals surface area contributed by atoms with Crippen LogP contribution in [0.4, 0.5) is 52.7 Å². The summed E-state index contributed by atoms with van der Waals surface area (Å²) in [6.07, 6.45) is -4.72. The molecule has 0 aromatic heterocycles. The SMILES string of the molecule is C[CH2][Sn]([CH2]C)([c]1ccccc1)[CH](F)C(F)(F)F.[CH3][Sn]([CH3])([CH3])[c]1c(F)c(F)c(F)c(F)c1F.[CH3][Sn]([CH3])([CH3])[c]1c(F)cc(F)cc1F.[CH3][Sn]([CH3])([CH3])[c]1ccccc1Cl. The Morgan fingerprint density at radius 3 is 1.23 bits per heavy atom. The summed E-state index contributed by atoms with van der Waals surface area (Å²) in [7, 11) is 0. The standard InChI is InChI=1S/C6H4Cl.C6F5.C6H2F3.C6H5.C2HF4.2C2H5.9CH3.4Sn/c7-6-4-2-1-3-5-6;7-2-1-3(8)5(10)6(11)4(2)9;7-4-1-5(8)3-6(9)2-4;1-2-4-6-5-3-1;3-1-2(4,5)6;2*1-2;;;;;;;;;;;;;/h1-4H;;1-2H;1-5H;1H;2*1H2,2H3;9*1H3;;;;. The van der Waals surface area contributed by atoms with Crippen LogP contribution in [0.2, 0.25) is 58.4 Å². The third-order valence-electron chi connectivity index (χ3n) is 8.78. The van der Waals surface area contributed by atoms with Crippen molar-refractivity contribution in [1.82, 2.24) is 0 Å². The van der Waals surface area contributed by atoms with Crippen LogP contribution in [0.25, 0.3) is 0 Å². The van der Waals surface area contributed by atoms with Crippen LogP contribution in [-0.4, -0.2) is 83.9 Å². The second-order valence-corrected chi connectivity index (χ2v) is 73.1. The van der Waals surface area contributed by atoms with Gasteiger partial charge in [0.25, 0.3) is 0 Å². The van der Waals surface area contributed by atoms with Crippen molar-refractivity contribution < 1.29 is 52.7 Å². The van der Waals surface area contributed by atoms with Crippen molar-refractivity contribution in [3.8, 4) is 0 Å². The zero-order valence-corrected chi connectivity index (χ0v) is 45.4. The molecule has 0 fully saturated rings. The Morgan fingerprint density at radius 1 is 0.536 bits per heavy atom. The zero-order valence-electron chi connectivity index (χ0n) is 33.3. The molecule has 0 saturated carbocycles. The van der Waals surface area contributed by atoms with Crippen molar-refractivity contribution >= 4 is 99.4 Å². The summed E-state index contributed by atoms with van der Waals surface area (Å²) in [6, 6.07) is 18.1.